The van der Waals surface area contributed by atoms with Gasteiger partial charge in [0.25, 0.3) is 0 Å². The maximum Gasteiger partial charge on any atom is 0.310 e. The Bertz CT molecular complexity index is 272. The molecule has 0 spiro atoms. The zero-order valence-corrected chi connectivity index (χ0v) is 9.20. The fourth-order valence-electron chi connectivity index (χ4n) is 2.24. The molecule has 0 aliphatic carbocycles. The van der Waals surface area contributed by atoms with Crippen LogP contribution in [0.15, 0.2) is 0 Å². The van der Waals surface area contributed by atoms with Gasteiger partial charge in [-0.1, -0.05) is 6.92 Å². The van der Waals surface area contributed by atoms with Gasteiger partial charge in [0, 0.05) is 19.5 Å². The maximum atomic E-state index is 11.2. The number of carboxylic acid groups (broad SMARTS) is 1. The molecule has 1 N–H and O–H groups in total. The Morgan fingerprint density at radius 2 is 2.40 bits per heavy atom. The lowest BCUT2D eigenvalue weighted by atomic mass is 9.77. The number of nitrogens with zero attached hydrogens (tertiary/aromatic N) is 2. The SMILES string of the molecule is CCC1(C(=O)O)CCCN(CCC#N)C1. The summed E-state index contributed by atoms with van der Waals surface area (Å²) < 4.78 is 0. The fourth-order valence-corrected chi connectivity index (χ4v) is 2.24. The molecule has 84 valence electrons. The van der Waals surface area contributed by atoms with Crippen LogP contribution < -0.4 is 0 Å². The Morgan fingerprint density at radius 1 is 1.67 bits per heavy atom. The van der Waals surface area contributed by atoms with Gasteiger partial charge in [-0.2, -0.15) is 5.26 Å². The van der Waals surface area contributed by atoms with Crippen LogP contribution >= 0.6 is 0 Å². The number of hydrogen-bond acceptors (Lipinski definition) is 3. The van der Waals surface area contributed by atoms with Crippen LogP contribution in [0.1, 0.15) is 32.6 Å². The van der Waals surface area contributed by atoms with E-state index in [1.165, 1.54) is 0 Å². The standard InChI is InChI=1S/C11H18N2O2/c1-2-11(10(14)15)5-3-7-13(9-11)8-4-6-12/h2-5,7-9H2,1H3,(H,14,15). The number of carboxylic acids is 1. The molecule has 0 amide bonds. The average Bonchev–Trinajstić information content (AvgIpc) is 2.26. The van der Waals surface area contributed by atoms with Crippen molar-refractivity contribution in [1.29, 1.82) is 5.26 Å². The molecule has 0 aromatic carbocycles. The second-order valence-electron chi connectivity index (χ2n) is 4.23. The molecule has 1 aliphatic heterocycles. The highest BCUT2D eigenvalue weighted by atomic mass is 16.4. The van der Waals surface area contributed by atoms with Crippen molar-refractivity contribution in [2.24, 2.45) is 5.41 Å². The van der Waals surface area contributed by atoms with E-state index in [2.05, 4.69) is 11.0 Å². The van der Waals surface area contributed by atoms with Crippen LogP contribution in [-0.2, 0) is 4.79 Å². The molecule has 15 heavy (non-hydrogen) atoms. The highest BCUT2D eigenvalue weighted by molar-refractivity contribution is 5.75. The van der Waals surface area contributed by atoms with E-state index in [0.717, 1.165) is 19.4 Å². The molecular formula is C11H18N2O2. The third-order valence-electron chi connectivity index (χ3n) is 3.33. The predicted octanol–water partition coefficient (Wildman–Crippen LogP) is 1.48. The Kier molecular flexibility index (Phi) is 4.10. The molecule has 0 bridgehead atoms. The van der Waals surface area contributed by atoms with Crippen LogP contribution in [0.3, 0.4) is 0 Å². The maximum absolute atomic E-state index is 11.2. The lowest BCUT2D eigenvalue weighted by Crippen LogP contribution is -2.47. The molecule has 0 saturated carbocycles. The molecular weight excluding hydrogens is 192 g/mol. The van der Waals surface area contributed by atoms with Crippen molar-refractivity contribution in [3.8, 4) is 6.07 Å². The van der Waals surface area contributed by atoms with Crippen molar-refractivity contribution in [3.05, 3.63) is 0 Å². The summed E-state index contributed by atoms with van der Waals surface area (Å²) in [5.41, 5.74) is -0.576. The second-order valence-corrected chi connectivity index (χ2v) is 4.23. The molecule has 1 heterocycles. The zero-order valence-electron chi connectivity index (χ0n) is 9.20. The van der Waals surface area contributed by atoms with Crippen LogP contribution in [0.4, 0.5) is 0 Å². The van der Waals surface area contributed by atoms with Gasteiger partial charge >= 0.3 is 5.97 Å². The van der Waals surface area contributed by atoms with Gasteiger partial charge in [-0.05, 0) is 25.8 Å². The van der Waals surface area contributed by atoms with Gasteiger partial charge in [-0.25, -0.2) is 0 Å². The minimum absolute atomic E-state index is 0.486. The topological polar surface area (TPSA) is 64.3 Å². The Labute approximate surface area is 90.5 Å². The van der Waals surface area contributed by atoms with Crippen molar-refractivity contribution in [2.45, 2.75) is 32.6 Å². The third-order valence-corrected chi connectivity index (χ3v) is 3.33. The summed E-state index contributed by atoms with van der Waals surface area (Å²) in [6.45, 7) is 4.16. The second kappa shape index (κ2) is 5.13. The van der Waals surface area contributed by atoms with E-state index in [-0.39, 0.29) is 0 Å². The van der Waals surface area contributed by atoms with Crippen LogP contribution in [0, 0.1) is 16.7 Å². The first-order valence-corrected chi connectivity index (χ1v) is 5.47. The van der Waals surface area contributed by atoms with E-state index in [1.807, 2.05) is 6.92 Å². The van der Waals surface area contributed by atoms with Crippen molar-refractivity contribution in [1.82, 2.24) is 4.90 Å². The number of carbonyl (C=O) groups is 1. The van der Waals surface area contributed by atoms with Gasteiger partial charge in [0.05, 0.1) is 11.5 Å². The van der Waals surface area contributed by atoms with E-state index < -0.39 is 11.4 Å². The number of nitriles is 1. The quantitative estimate of drug-likeness (QED) is 0.763. The van der Waals surface area contributed by atoms with Gasteiger partial charge in [-0.3, -0.25) is 4.79 Å². The summed E-state index contributed by atoms with van der Waals surface area (Å²) in [6.07, 6.45) is 2.85. The molecule has 4 nitrogen and oxygen atoms in total. The highest BCUT2D eigenvalue weighted by Gasteiger charge is 2.40. The van der Waals surface area contributed by atoms with E-state index >= 15 is 0 Å². The molecule has 1 aliphatic rings. The molecule has 4 heteroatoms. The van der Waals surface area contributed by atoms with Crippen LogP contribution in [-0.4, -0.2) is 35.6 Å². The largest absolute Gasteiger partial charge is 0.481 e. The lowest BCUT2D eigenvalue weighted by molar-refractivity contribution is -0.152. The molecule has 1 fully saturated rings. The van der Waals surface area contributed by atoms with E-state index in [4.69, 9.17) is 5.26 Å². The Balaban J connectivity index is 2.61. The van der Waals surface area contributed by atoms with Gasteiger partial charge in [0.1, 0.15) is 0 Å². The molecule has 1 atom stereocenters. The molecule has 0 aromatic heterocycles. The Morgan fingerprint density at radius 3 is 2.93 bits per heavy atom. The van der Waals surface area contributed by atoms with Gasteiger partial charge < -0.3 is 10.0 Å². The number of hydrogen-bond donors (Lipinski definition) is 1. The van der Waals surface area contributed by atoms with Gasteiger partial charge in [-0.15, -0.1) is 0 Å². The normalized spacial score (nSPS) is 27.2. The third kappa shape index (κ3) is 2.69. The van der Waals surface area contributed by atoms with Crippen LogP contribution in [0.5, 0.6) is 0 Å². The summed E-state index contributed by atoms with van der Waals surface area (Å²) in [7, 11) is 0. The van der Waals surface area contributed by atoms with Crippen molar-refractivity contribution < 1.29 is 9.90 Å². The first-order chi connectivity index (χ1) is 7.14. The van der Waals surface area contributed by atoms with E-state index in [9.17, 15) is 9.90 Å². The molecule has 1 rings (SSSR count). The first kappa shape index (κ1) is 12.0. The molecule has 1 saturated heterocycles. The summed E-state index contributed by atoms with van der Waals surface area (Å²) in [5.74, 6) is -0.688. The number of aliphatic carboxylic acids is 1. The lowest BCUT2D eigenvalue weighted by Gasteiger charge is -2.39. The minimum Gasteiger partial charge on any atom is -0.481 e. The van der Waals surface area contributed by atoms with E-state index in [1.54, 1.807) is 0 Å². The molecule has 0 aromatic rings. The van der Waals surface area contributed by atoms with Crippen molar-refractivity contribution >= 4 is 5.97 Å². The number of piperidine rings is 1. The number of likely N-dealkylation sites (tertiary alicyclic amines) is 1. The predicted molar refractivity (Wildman–Crippen MR) is 56.3 cm³/mol. The molecule has 0 radical (unpaired) electrons. The van der Waals surface area contributed by atoms with Crippen molar-refractivity contribution in [3.63, 3.8) is 0 Å². The van der Waals surface area contributed by atoms with Gasteiger partial charge in [0.15, 0.2) is 0 Å². The minimum atomic E-state index is -0.688. The van der Waals surface area contributed by atoms with Crippen molar-refractivity contribution in [2.75, 3.05) is 19.6 Å². The highest BCUT2D eigenvalue weighted by Crippen LogP contribution is 2.33. The Hall–Kier alpha value is -1.08. The van der Waals surface area contributed by atoms with E-state index in [0.29, 0.717) is 25.9 Å². The number of rotatable bonds is 4. The summed E-state index contributed by atoms with van der Waals surface area (Å²) >= 11 is 0. The summed E-state index contributed by atoms with van der Waals surface area (Å²) in [6, 6.07) is 2.10. The molecule has 1 unspecified atom stereocenters. The van der Waals surface area contributed by atoms with Crippen LogP contribution in [0.2, 0.25) is 0 Å². The smallest absolute Gasteiger partial charge is 0.310 e. The van der Waals surface area contributed by atoms with Gasteiger partial charge in [0.2, 0.25) is 0 Å². The zero-order chi connectivity index (χ0) is 11.3. The fraction of sp³-hybridized carbons (Fsp3) is 0.818. The summed E-state index contributed by atoms with van der Waals surface area (Å²) in [4.78, 5) is 13.3. The van der Waals surface area contributed by atoms with Crippen LogP contribution in [0.25, 0.3) is 0 Å². The average molecular weight is 210 g/mol. The summed E-state index contributed by atoms with van der Waals surface area (Å²) in [5, 5.41) is 17.7. The monoisotopic (exact) mass is 210 g/mol. The first-order valence-electron chi connectivity index (χ1n) is 5.47.